The second-order valence-electron chi connectivity index (χ2n) is 8.78. The smallest absolute Gasteiger partial charge is 0.267 e. The molecule has 2 N–H and O–H groups in total. The summed E-state index contributed by atoms with van der Waals surface area (Å²) < 4.78 is 31.4. The Morgan fingerprint density at radius 3 is 1.07 bits per heavy atom. The van der Waals surface area contributed by atoms with Gasteiger partial charge in [0.15, 0.2) is 0 Å². The van der Waals surface area contributed by atoms with E-state index in [-0.39, 0.29) is 0 Å². The first-order valence-electron chi connectivity index (χ1n) is 12.6. The Morgan fingerprint density at radius 2 is 0.828 bits per heavy atom. The molecule has 0 aromatic rings. The molecule has 0 amide bonds. The van der Waals surface area contributed by atoms with Crippen molar-refractivity contribution < 1.29 is 18.1 Å². The molecule has 0 aliphatic carbocycles. The van der Waals surface area contributed by atoms with Gasteiger partial charge in [0.25, 0.3) is 10.1 Å². The largest absolute Gasteiger partial charge is 0.396 e. The first kappa shape index (κ1) is 28.9. The summed E-state index contributed by atoms with van der Waals surface area (Å²) in [5, 5.41) is 8.17. The van der Waals surface area contributed by atoms with Crippen molar-refractivity contribution in [2.24, 2.45) is 0 Å². The van der Waals surface area contributed by atoms with Crippen molar-refractivity contribution >= 4 is 10.1 Å². The lowest BCUT2D eigenvalue weighted by molar-refractivity contribution is 0.282. The molecule has 0 bridgehead atoms. The monoisotopic (exact) mass is 434 g/mol. The van der Waals surface area contributed by atoms with E-state index in [1.54, 1.807) is 0 Å². The van der Waals surface area contributed by atoms with E-state index in [4.69, 9.17) is 9.66 Å². The van der Waals surface area contributed by atoms with Crippen LogP contribution in [0.3, 0.4) is 0 Å². The van der Waals surface area contributed by atoms with Gasteiger partial charge < -0.3 is 5.11 Å². The zero-order valence-electron chi connectivity index (χ0n) is 19.3. The number of aliphatic hydroxyl groups excluding tert-OH is 1. The maximum atomic E-state index is 11.1. The van der Waals surface area contributed by atoms with E-state index in [0.717, 1.165) is 19.3 Å². The van der Waals surface area contributed by atoms with Crippen LogP contribution in [-0.4, -0.2) is 29.9 Å². The summed E-state index contributed by atoms with van der Waals surface area (Å²) in [7, 11) is -3.85. The summed E-state index contributed by atoms with van der Waals surface area (Å²) in [5.41, 5.74) is 0. The third kappa shape index (κ3) is 20.9. The summed E-state index contributed by atoms with van der Waals surface area (Å²) in [6.07, 6.45) is 25.4. The molecule has 0 fully saturated rings. The average Bonchev–Trinajstić information content (AvgIpc) is 2.68. The highest BCUT2D eigenvalue weighted by molar-refractivity contribution is 7.86. The second kappa shape index (κ2) is 21.1. The van der Waals surface area contributed by atoms with Gasteiger partial charge in [-0.3, -0.25) is 4.55 Å². The standard InChI is InChI=1S/C24H50O4S/c1-2-24(29(26,27)28)22-20-18-16-14-12-10-8-6-4-3-5-7-9-11-13-15-17-19-21-23-25/h24-25H,2-23H2,1H3,(H,26,27,28). The normalized spacial score (nSPS) is 13.1. The predicted molar refractivity (Wildman–Crippen MR) is 125 cm³/mol. The van der Waals surface area contributed by atoms with Gasteiger partial charge in [-0.05, 0) is 19.3 Å². The molecule has 29 heavy (non-hydrogen) atoms. The van der Waals surface area contributed by atoms with Gasteiger partial charge >= 0.3 is 0 Å². The lowest BCUT2D eigenvalue weighted by Gasteiger charge is -2.10. The quantitative estimate of drug-likeness (QED) is 0.129. The van der Waals surface area contributed by atoms with Crippen LogP contribution in [0, 0.1) is 0 Å². The average molecular weight is 435 g/mol. The Bertz CT molecular complexity index is 423. The first-order chi connectivity index (χ1) is 14.0. The maximum Gasteiger partial charge on any atom is 0.267 e. The van der Waals surface area contributed by atoms with Gasteiger partial charge in [-0.15, -0.1) is 0 Å². The number of aliphatic hydroxyl groups is 1. The third-order valence-corrected chi connectivity index (χ3v) is 7.47. The molecule has 0 saturated carbocycles. The molecule has 1 atom stereocenters. The molecule has 0 radical (unpaired) electrons. The Hall–Kier alpha value is -0.130. The summed E-state index contributed by atoms with van der Waals surface area (Å²) in [4.78, 5) is 0. The lowest BCUT2D eigenvalue weighted by atomic mass is 10.0. The van der Waals surface area contributed by atoms with Crippen molar-refractivity contribution in [3.05, 3.63) is 0 Å². The molecule has 0 aliphatic heterocycles. The van der Waals surface area contributed by atoms with Crippen LogP contribution < -0.4 is 0 Å². The van der Waals surface area contributed by atoms with E-state index < -0.39 is 15.4 Å². The minimum atomic E-state index is -3.85. The van der Waals surface area contributed by atoms with Gasteiger partial charge in [0, 0.05) is 6.61 Å². The van der Waals surface area contributed by atoms with Gasteiger partial charge in [-0.2, -0.15) is 8.42 Å². The Labute approximate surface area is 182 Å². The Balaban J connectivity index is 3.17. The molecule has 0 aromatic heterocycles. The molecule has 176 valence electrons. The minimum absolute atomic E-state index is 0.349. The summed E-state index contributed by atoms with van der Waals surface area (Å²) in [5.74, 6) is 0. The highest BCUT2D eigenvalue weighted by Crippen LogP contribution is 2.17. The van der Waals surface area contributed by atoms with Crippen molar-refractivity contribution in [2.75, 3.05) is 6.61 Å². The zero-order valence-corrected chi connectivity index (χ0v) is 20.1. The van der Waals surface area contributed by atoms with E-state index in [0.29, 0.717) is 19.4 Å². The van der Waals surface area contributed by atoms with Crippen LogP contribution in [-0.2, 0) is 10.1 Å². The van der Waals surface area contributed by atoms with E-state index in [1.165, 1.54) is 103 Å². The van der Waals surface area contributed by atoms with Gasteiger partial charge in [0.05, 0.1) is 5.25 Å². The fraction of sp³-hybridized carbons (Fsp3) is 1.00. The van der Waals surface area contributed by atoms with E-state index in [2.05, 4.69) is 0 Å². The van der Waals surface area contributed by atoms with Gasteiger partial charge in [-0.1, -0.05) is 122 Å². The number of hydrogen-bond donors (Lipinski definition) is 2. The molecule has 1 unspecified atom stereocenters. The molecule has 0 heterocycles. The lowest BCUT2D eigenvalue weighted by Crippen LogP contribution is -2.19. The molecule has 4 nitrogen and oxygen atoms in total. The van der Waals surface area contributed by atoms with Crippen molar-refractivity contribution in [3.63, 3.8) is 0 Å². The van der Waals surface area contributed by atoms with Crippen molar-refractivity contribution in [3.8, 4) is 0 Å². The second-order valence-corrected chi connectivity index (χ2v) is 10.5. The van der Waals surface area contributed by atoms with Crippen molar-refractivity contribution in [2.45, 2.75) is 147 Å². The highest BCUT2D eigenvalue weighted by atomic mass is 32.2. The van der Waals surface area contributed by atoms with Crippen LogP contribution >= 0.6 is 0 Å². The topological polar surface area (TPSA) is 74.6 Å². The summed E-state index contributed by atoms with van der Waals surface area (Å²) in [6.45, 7) is 2.17. The molecular formula is C24H50O4S. The SMILES string of the molecule is CCC(CCCCCCCCCCCCCCCCCCCCCO)S(=O)(=O)O. The Morgan fingerprint density at radius 1 is 0.552 bits per heavy atom. The van der Waals surface area contributed by atoms with Gasteiger partial charge in [-0.25, -0.2) is 0 Å². The Kier molecular flexibility index (Phi) is 21.0. The zero-order chi connectivity index (χ0) is 21.6. The molecule has 0 rings (SSSR count). The van der Waals surface area contributed by atoms with Crippen molar-refractivity contribution in [1.29, 1.82) is 0 Å². The van der Waals surface area contributed by atoms with Crippen LogP contribution in [0.4, 0.5) is 0 Å². The van der Waals surface area contributed by atoms with Crippen LogP contribution in [0.1, 0.15) is 142 Å². The van der Waals surface area contributed by atoms with E-state index >= 15 is 0 Å². The number of hydrogen-bond acceptors (Lipinski definition) is 3. The fourth-order valence-electron chi connectivity index (χ4n) is 4.05. The molecule has 0 aromatic carbocycles. The number of unbranched alkanes of at least 4 members (excludes halogenated alkanes) is 18. The fourth-order valence-corrected chi connectivity index (χ4v) is 4.94. The highest BCUT2D eigenvalue weighted by Gasteiger charge is 2.19. The third-order valence-electron chi connectivity index (χ3n) is 6.06. The minimum Gasteiger partial charge on any atom is -0.396 e. The number of rotatable bonds is 23. The van der Waals surface area contributed by atoms with E-state index in [1.807, 2.05) is 6.92 Å². The van der Waals surface area contributed by atoms with Gasteiger partial charge in [0.1, 0.15) is 0 Å². The summed E-state index contributed by atoms with van der Waals surface area (Å²) >= 11 is 0. The molecule has 5 heteroatoms. The van der Waals surface area contributed by atoms with E-state index in [9.17, 15) is 8.42 Å². The molecular weight excluding hydrogens is 384 g/mol. The van der Waals surface area contributed by atoms with Crippen molar-refractivity contribution in [1.82, 2.24) is 0 Å². The van der Waals surface area contributed by atoms with Crippen LogP contribution in [0.2, 0.25) is 0 Å². The van der Waals surface area contributed by atoms with Crippen LogP contribution in [0.5, 0.6) is 0 Å². The molecule has 0 aliphatic rings. The van der Waals surface area contributed by atoms with Gasteiger partial charge in [0.2, 0.25) is 0 Å². The summed E-state index contributed by atoms with van der Waals surface area (Å²) in [6, 6.07) is 0. The molecule has 0 spiro atoms. The molecule has 0 saturated heterocycles. The maximum absolute atomic E-state index is 11.1. The van der Waals surface area contributed by atoms with Crippen LogP contribution in [0.15, 0.2) is 0 Å². The van der Waals surface area contributed by atoms with Crippen LogP contribution in [0.25, 0.3) is 0 Å². The first-order valence-corrected chi connectivity index (χ1v) is 14.1. The predicted octanol–water partition coefficient (Wildman–Crippen LogP) is 7.45.